The highest BCUT2D eigenvalue weighted by atomic mass is 16.5. The molecule has 0 spiro atoms. The van der Waals surface area contributed by atoms with Crippen LogP contribution in [0.4, 0.5) is 0 Å². The minimum absolute atomic E-state index is 0.144. The van der Waals surface area contributed by atoms with Crippen LogP contribution in [0.1, 0.15) is 18.4 Å². The molecule has 0 heterocycles. The first kappa shape index (κ1) is 10.3. The monoisotopic (exact) mass is 189 g/mol. The Balaban J connectivity index is 2.57. The molecule has 3 heteroatoms. The molecule has 0 saturated carbocycles. The molecule has 0 unspecified atom stereocenters. The van der Waals surface area contributed by atoms with Crippen LogP contribution >= 0.6 is 0 Å². The first-order valence-corrected chi connectivity index (χ1v) is 4.37. The second-order valence-electron chi connectivity index (χ2n) is 2.90. The Kier molecular flexibility index (Phi) is 3.69. The number of carbonyl (C=O) groups excluding carboxylic acids is 1. The zero-order chi connectivity index (χ0) is 10.4. The first-order valence-electron chi connectivity index (χ1n) is 4.37. The third-order valence-corrected chi connectivity index (χ3v) is 1.76. The van der Waals surface area contributed by atoms with Gasteiger partial charge in [0, 0.05) is 6.42 Å². The SMILES string of the molecule is Cc1ccccc1OC(=O)CCC#N. The lowest BCUT2D eigenvalue weighted by molar-refractivity contribution is -0.134. The van der Waals surface area contributed by atoms with Crippen LogP contribution < -0.4 is 4.74 Å². The molecule has 0 fully saturated rings. The molecule has 3 nitrogen and oxygen atoms in total. The summed E-state index contributed by atoms with van der Waals surface area (Å²) in [7, 11) is 0. The van der Waals surface area contributed by atoms with Crippen molar-refractivity contribution in [3.63, 3.8) is 0 Å². The lowest BCUT2D eigenvalue weighted by Crippen LogP contribution is -2.07. The van der Waals surface area contributed by atoms with Gasteiger partial charge in [-0.3, -0.25) is 4.79 Å². The van der Waals surface area contributed by atoms with E-state index >= 15 is 0 Å². The average Bonchev–Trinajstić information content (AvgIpc) is 2.18. The largest absolute Gasteiger partial charge is 0.426 e. The van der Waals surface area contributed by atoms with Crippen LogP contribution in [0.5, 0.6) is 5.75 Å². The van der Waals surface area contributed by atoms with Crippen LogP contribution in [0.25, 0.3) is 0 Å². The van der Waals surface area contributed by atoms with Crippen molar-refractivity contribution in [3.05, 3.63) is 29.8 Å². The minimum atomic E-state index is -0.360. The summed E-state index contributed by atoms with van der Waals surface area (Å²) in [6.45, 7) is 1.87. The Labute approximate surface area is 82.9 Å². The van der Waals surface area contributed by atoms with Crippen molar-refractivity contribution in [3.8, 4) is 11.8 Å². The molecular formula is C11H11NO2. The van der Waals surface area contributed by atoms with Crippen molar-refractivity contribution in [2.45, 2.75) is 19.8 Å². The molecule has 0 atom stereocenters. The summed E-state index contributed by atoms with van der Waals surface area (Å²) in [4.78, 5) is 11.2. The lowest BCUT2D eigenvalue weighted by Gasteiger charge is -2.05. The second-order valence-corrected chi connectivity index (χ2v) is 2.90. The van der Waals surface area contributed by atoms with Crippen LogP contribution in [0.15, 0.2) is 24.3 Å². The van der Waals surface area contributed by atoms with E-state index in [2.05, 4.69) is 0 Å². The van der Waals surface area contributed by atoms with E-state index in [1.165, 1.54) is 0 Å². The smallest absolute Gasteiger partial charge is 0.312 e. The molecule has 1 rings (SSSR count). The summed E-state index contributed by atoms with van der Waals surface area (Å²) in [6, 6.07) is 9.18. The number of nitriles is 1. The van der Waals surface area contributed by atoms with E-state index in [4.69, 9.17) is 10.00 Å². The molecular weight excluding hydrogens is 178 g/mol. The number of carbonyl (C=O) groups is 1. The van der Waals surface area contributed by atoms with Crippen molar-refractivity contribution >= 4 is 5.97 Å². The quantitative estimate of drug-likeness (QED) is 0.541. The fourth-order valence-electron chi connectivity index (χ4n) is 1.00. The summed E-state index contributed by atoms with van der Waals surface area (Å²) >= 11 is 0. The van der Waals surface area contributed by atoms with E-state index in [0.717, 1.165) is 5.56 Å². The van der Waals surface area contributed by atoms with Crippen LogP contribution in [0, 0.1) is 18.3 Å². The van der Waals surface area contributed by atoms with Gasteiger partial charge in [0.05, 0.1) is 12.5 Å². The third kappa shape index (κ3) is 2.91. The normalized spacial score (nSPS) is 9.14. The maximum absolute atomic E-state index is 11.2. The van der Waals surface area contributed by atoms with Gasteiger partial charge in [0.25, 0.3) is 0 Å². The van der Waals surface area contributed by atoms with Gasteiger partial charge in [-0.05, 0) is 18.6 Å². The number of benzene rings is 1. The third-order valence-electron chi connectivity index (χ3n) is 1.76. The second kappa shape index (κ2) is 5.03. The van der Waals surface area contributed by atoms with Gasteiger partial charge in [-0.15, -0.1) is 0 Å². The summed E-state index contributed by atoms with van der Waals surface area (Å²) < 4.78 is 5.06. The van der Waals surface area contributed by atoms with Gasteiger partial charge in [0.2, 0.25) is 0 Å². The molecule has 0 N–H and O–H groups in total. The number of aryl methyl sites for hydroxylation is 1. The van der Waals surface area contributed by atoms with Crippen molar-refractivity contribution in [1.82, 2.24) is 0 Å². The molecule has 0 aromatic heterocycles. The van der Waals surface area contributed by atoms with Gasteiger partial charge in [-0.1, -0.05) is 18.2 Å². The lowest BCUT2D eigenvalue weighted by atomic mass is 10.2. The maximum atomic E-state index is 11.2. The van der Waals surface area contributed by atoms with Crippen LogP contribution in [0.3, 0.4) is 0 Å². The van der Waals surface area contributed by atoms with Crippen LogP contribution in [-0.2, 0) is 4.79 Å². The molecule has 0 aliphatic heterocycles. The van der Waals surface area contributed by atoms with Crippen molar-refractivity contribution < 1.29 is 9.53 Å². The van der Waals surface area contributed by atoms with Crippen LogP contribution in [-0.4, -0.2) is 5.97 Å². The van der Waals surface area contributed by atoms with E-state index < -0.39 is 0 Å². The molecule has 72 valence electrons. The Morgan fingerprint density at radius 1 is 1.50 bits per heavy atom. The summed E-state index contributed by atoms with van der Waals surface area (Å²) in [5, 5.41) is 8.28. The van der Waals surface area contributed by atoms with E-state index in [1.807, 2.05) is 25.1 Å². The zero-order valence-electron chi connectivity index (χ0n) is 7.99. The van der Waals surface area contributed by atoms with Crippen molar-refractivity contribution in [2.24, 2.45) is 0 Å². The minimum Gasteiger partial charge on any atom is -0.426 e. The highest BCUT2D eigenvalue weighted by molar-refractivity contribution is 5.72. The van der Waals surface area contributed by atoms with E-state index in [9.17, 15) is 4.79 Å². The fraction of sp³-hybridized carbons (Fsp3) is 0.273. The summed E-state index contributed by atoms with van der Waals surface area (Å²) in [6.07, 6.45) is 0.343. The Bertz CT molecular complexity index is 366. The zero-order valence-corrected chi connectivity index (χ0v) is 7.99. The van der Waals surface area contributed by atoms with Gasteiger partial charge in [0.1, 0.15) is 5.75 Å². The molecule has 0 bridgehead atoms. The Morgan fingerprint density at radius 3 is 2.86 bits per heavy atom. The number of hydrogen-bond acceptors (Lipinski definition) is 3. The number of nitrogens with zero attached hydrogens (tertiary/aromatic N) is 1. The Hall–Kier alpha value is -1.82. The molecule has 0 saturated heterocycles. The van der Waals surface area contributed by atoms with Crippen molar-refractivity contribution in [2.75, 3.05) is 0 Å². The van der Waals surface area contributed by atoms with Crippen molar-refractivity contribution in [1.29, 1.82) is 5.26 Å². The fourth-order valence-corrected chi connectivity index (χ4v) is 1.00. The molecule has 1 aromatic rings. The van der Waals surface area contributed by atoms with Gasteiger partial charge in [0.15, 0.2) is 0 Å². The number of esters is 1. The standard InChI is InChI=1S/C11H11NO2/c1-9-5-2-3-6-10(9)14-11(13)7-4-8-12/h2-3,5-6H,4,7H2,1H3. The number of rotatable bonds is 3. The topological polar surface area (TPSA) is 50.1 Å². The summed E-state index contributed by atoms with van der Waals surface area (Å²) in [5.41, 5.74) is 0.915. The van der Waals surface area contributed by atoms with Crippen LogP contribution in [0.2, 0.25) is 0 Å². The molecule has 0 aliphatic rings. The molecule has 1 aromatic carbocycles. The van der Waals surface area contributed by atoms with Gasteiger partial charge in [-0.2, -0.15) is 5.26 Å². The maximum Gasteiger partial charge on any atom is 0.312 e. The summed E-state index contributed by atoms with van der Waals surface area (Å²) in [5.74, 6) is 0.205. The first-order chi connectivity index (χ1) is 6.74. The number of ether oxygens (including phenoxy) is 1. The molecule has 0 amide bonds. The van der Waals surface area contributed by atoms with E-state index in [1.54, 1.807) is 12.1 Å². The highest BCUT2D eigenvalue weighted by Gasteiger charge is 2.05. The number of para-hydroxylation sites is 1. The van der Waals surface area contributed by atoms with Gasteiger partial charge in [-0.25, -0.2) is 0 Å². The molecule has 14 heavy (non-hydrogen) atoms. The predicted octanol–water partition coefficient (Wildman–Crippen LogP) is 2.20. The van der Waals surface area contributed by atoms with Gasteiger partial charge < -0.3 is 4.74 Å². The average molecular weight is 189 g/mol. The highest BCUT2D eigenvalue weighted by Crippen LogP contribution is 2.16. The number of hydrogen-bond donors (Lipinski definition) is 0. The van der Waals surface area contributed by atoms with E-state index in [-0.39, 0.29) is 18.8 Å². The molecule has 0 aliphatic carbocycles. The Morgan fingerprint density at radius 2 is 2.21 bits per heavy atom. The predicted molar refractivity (Wildman–Crippen MR) is 51.7 cm³/mol. The van der Waals surface area contributed by atoms with Gasteiger partial charge >= 0.3 is 5.97 Å². The molecule has 0 radical (unpaired) electrons. The van der Waals surface area contributed by atoms with E-state index in [0.29, 0.717) is 5.75 Å².